The molecule has 1 N–H and O–H groups in total. The summed E-state index contributed by atoms with van der Waals surface area (Å²) in [6.07, 6.45) is 10.4. The van der Waals surface area contributed by atoms with E-state index in [0.717, 1.165) is 42.7 Å². The summed E-state index contributed by atoms with van der Waals surface area (Å²) in [7, 11) is 1.42. The number of fused-ring (bicyclic) bond motifs is 1. The highest BCUT2D eigenvalue weighted by molar-refractivity contribution is 7.09. The summed E-state index contributed by atoms with van der Waals surface area (Å²) < 4.78 is 12.1. The fourth-order valence-electron chi connectivity index (χ4n) is 6.22. The van der Waals surface area contributed by atoms with Gasteiger partial charge in [-0.25, -0.2) is 0 Å². The summed E-state index contributed by atoms with van der Waals surface area (Å²) in [6, 6.07) is 3.93. The van der Waals surface area contributed by atoms with Crippen molar-refractivity contribution in [2.24, 2.45) is 23.2 Å². The maximum atomic E-state index is 14.1. The molecule has 2 amide bonds. The maximum Gasteiger partial charge on any atom is 0.320 e. The van der Waals surface area contributed by atoms with E-state index in [9.17, 15) is 14.4 Å². The Labute approximate surface area is 237 Å². The second kappa shape index (κ2) is 13.4. The van der Waals surface area contributed by atoms with Crippen LogP contribution in [0.2, 0.25) is 0 Å². The number of methoxy groups -OCH3 is 1. The Kier molecular flexibility index (Phi) is 10.3. The number of esters is 1. The van der Waals surface area contributed by atoms with Crippen molar-refractivity contribution in [2.75, 3.05) is 13.7 Å². The number of nitrogens with zero attached hydrogens (tertiary/aromatic N) is 1. The number of nitrogens with one attached hydrogen (secondary N) is 1. The molecular weight excluding hydrogens is 512 g/mol. The van der Waals surface area contributed by atoms with Gasteiger partial charge >= 0.3 is 5.97 Å². The molecule has 0 aromatic carbocycles. The zero-order valence-corrected chi connectivity index (χ0v) is 24.9. The van der Waals surface area contributed by atoms with Gasteiger partial charge < -0.3 is 19.7 Å². The number of carbonyl (C=O) groups excluding carboxylic acids is 3. The molecule has 8 heteroatoms. The van der Waals surface area contributed by atoms with E-state index in [1.54, 1.807) is 11.3 Å². The standard InChI is InChI=1S/C31H46N2O5S/c1-5-6-7-8-9-10-15-33-26-18-25(21(2)3)38-28(22-13-14-22)31(26,30(36)37-4)19-23(29(33)35)17-27(34)32-20-24-12-11-16-39-24/h11-12,16,18,21-23,25,28H,5-10,13-15,17,19-20H2,1-4H3,(H,32,34)/t23-,25+,28+,31+/m0/s1. The van der Waals surface area contributed by atoms with E-state index in [1.165, 1.54) is 26.4 Å². The van der Waals surface area contributed by atoms with Crippen molar-refractivity contribution in [3.8, 4) is 0 Å². The largest absolute Gasteiger partial charge is 0.468 e. The summed E-state index contributed by atoms with van der Waals surface area (Å²) in [5, 5.41) is 4.95. The molecule has 0 radical (unpaired) electrons. The quantitative estimate of drug-likeness (QED) is 0.229. The van der Waals surface area contributed by atoms with E-state index in [0.29, 0.717) is 13.1 Å². The van der Waals surface area contributed by atoms with Crippen LogP contribution in [0.4, 0.5) is 0 Å². The molecule has 3 aliphatic rings. The number of likely N-dealkylation sites (tertiary alicyclic amines) is 1. The van der Waals surface area contributed by atoms with Crippen molar-refractivity contribution in [2.45, 2.75) is 104 Å². The highest BCUT2D eigenvalue weighted by Crippen LogP contribution is 2.56. The number of hydrogen-bond acceptors (Lipinski definition) is 6. The average Bonchev–Trinajstić information content (AvgIpc) is 3.63. The van der Waals surface area contributed by atoms with Crippen LogP contribution in [0.15, 0.2) is 29.3 Å². The van der Waals surface area contributed by atoms with Crippen LogP contribution in [0.1, 0.15) is 89.9 Å². The van der Waals surface area contributed by atoms with Gasteiger partial charge in [-0.15, -0.1) is 11.3 Å². The monoisotopic (exact) mass is 558 g/mol. The van der Waals surface area contributed by atoms with Gasteiger partial charge in [-0.05, 0) is 55.0 Å². The smallest absolute Gasteiger partial charge is 0.320 e. The average molecular weight is 559 g/mol. The number of unbranched alkanes of at least 4 members (excludes halogenated alkanes) is 5. The summed E-state index contributed by atoms with van der Waals surface area (Å²) in [6.45, 7) is 7.41. The molecule has 1 aromatic rings. The molecule has 0 bridgehead atoms. The van der Waals surface area contributed by atoms with E-state index in [1.807, 2.05) is 28.5 Å². The molecule has 216 valence electrons. The molecule has 0 unspecified atom stereocenters. The van der Waals surface area contributed by atoms with E-state index in [4.69, 9.17) is 9.47 Å². The summed E-state index contributed by atoms with van der Waals surface area (Å²) >= 11 is 1.59. The first-order valence-electron chi connectivity index (χ1n) is 14.9. The molecule has 2 aliphatic heterocycles. The van der Waals surface area contributed by atoms with E-state index in [2.05, 4.69) is 26.1 Å². The van der Waals surface area contributed by atoms with Crippen LogP contribution in [0.25, 0.3) is 0 Å². The van der Waals surface area contributed by atoms with Crippen LogP contribution in [-0.4, -0.2) is 48.5 Å². The minimum atomic E-state index is -1.07. The van der Waals surface area contributed by atoms with Gasteiger partial charge in [-0.3, -0.25) is 14.4 Å². The molecule has 2 fully saturated rings. The number of hydrogen-bond donors (Lipinski definition) is 1. The van der Waals surface area contributed by atoms with Gasteiger partial charge in [0, 0.05) is 29.5 Å². The van der Waals surface area contributed by atoms with Gasteiger partial charge in [-0.2, -0.15) is 0 Å². The number of piperidine rings is 1. The first-order chi connectivity index (χ1) is 18.8. The van der Waals surface area contributed by atoms with Gasteiger partial charge in [-0.1, -0.05) is 58.9 Å². The molecule has 39 heavy (non-hydrogen) atoms. The minimum absolute atomic E-state index is 0.0498. The van der Waals surface area contributed by atoms with Crippen molar-refractivity contribution >= 4 is 29.1 Å². The van der Waals surface area contributed by atoms with Crippen molar-refractivity contribution < 1.29 is 23.9 Å². The van der Waals surface area contributed by atoms with Crippen LogP contribution in [-0.2, 0) is 30.4 Å². The summed E-state index contributed by atoms with van der Waals surface area (Å²) in [5.74, 6) is -0.719. The molecule has 0 spiro atoms. The van der Waals surface area contributed by atoms with Crippen LogP contribution >= 0.6 is 11.3 Å². The number of ether oxygens (including phenoxy) is 2. The molecule has 4 atom stereocenters. The van der Waals surface area contributed by atoms with Gasteiger partial charge in [0.2, 0.25) is 11.8 Å². The first kappa shape index (κ1) is 29.8. The zero-order chi connectivity index (χ0) is 28.0. The Morgan fingerprint density at radius 3 is 2.59 bits per heavy atom. The van der Waals surface area contributed by atoms with Gasteiger partial charge in [0.15, 0.2) is 0 Å². The third kappa shape index (κ3) is 6.76. The first-order valence-corrected chi connectivity index (χ1v) is 15.8. The van der Waals surface area contributed by atoms with Gasteiger partial charge in [0.05, 0.1) is 25.9 Å². The highest BCUT2D eigenvalue weighted by atomic mass is 32.1. The molecule has 1 aliphatic carbocycles. The second-order valence-corrected chi connectivity index (χ2v) is 12.9. The number of carbonyl (C=O) groups is 3. The lowest BCUT2D eigenvalue weighted by Crippen LogP contribution is -2.62. The Bertz CT molecular complexity index is 1020. The lowest BCUT2D eigenvalue weighted by molar-refractivity contribution is -0.182. The van der Waals surface area contributed by atoms with E-state index < -0.39 is 11.3 Å². The van der Waals surface area contributed by atoms with Crippen LogP contribution in [0.5, 0.6) is 0 Å². The molecule has 4 rings (SSSR count). The van der Waals surface area contributed by atoms with E-state index in [-0.39, 0.29) is 54.7 Å². The molecule has 3 heterocycles. The Hall–Kier alpha value is -2.19. The number of amides is 2. The van der Waals surface area contributed by atoms with Crippen LogP contribution in [0, 0.1) is 23.2 Å². The molecule has 1 saturated carbocycles. The van der Waals surface area contributed by atoms with E-state index >= 15 is 0 Å². The van der Waals surface area contributed by atoms with Crippen molar-refractivity contribution in [3.05, 3.63) is 34.2 Å². The fourth-order valence-corrected chi connectivity index (χ4v) is 6.87. The summed E-state index contributed by atoms with van der Waals surface area (Å²) in [5.41, 5.74) is -0.319. The minimum Gasteiger partial charge on any atom is -0.468 e. The second-order valence-electron chi connectivity index (χ2n) is 11.8. The number of rotatable bonds is 14. The SMILES string of the molecule is CCCCCCCCN1C(=O)[C@@H](CC(=O)NCc2cccs2)C[C@@]2(C(=O)OC)C1=C[C@H](C(C)C)O[C@@H]2C1CC1. The third-order valence-electron chi connectivity index (χ3n) is 8.51. The van der Waals surface area contributed by atoms with Crippen LogP contribution < -0.4 is 5.32 Å². The van der Waals surface area contributed by atoms with Crippen molar-refractivity contribution in [1.29, 1.82) is 0 Å². The zero-order valence-electron chi connectivity index (χ0n) is 24.1. The molecule has 1 saturated heterocycles. The van der Waals surface area contributed by atoms with Crippen molar-refractivity contribution in [3.63, 3.8) is 0 Å². The Balaban J connectivity index is 1.63. The number of thiophene rings is 1. The molecular formula is C31H46N2O5S. The fraction of sp³-hybridized carbons (Fsp3) is 0.710. The van der Waals surface area contributed by atoms with Crippen molar-refractivity contribution in [1.82, 2.24) is 10.2 Å². The topological polar surface area (TPSA) is 84.9 Å². The summed E-state index contributed by atoms with van der Waals surface area (Å²) in [4.78, 5) is 43.8. The normalized spacial score (nSPS) is 26.8. The molecule has 1 aromatic heterocycles. The highest BCUT2D eigenvalue weighted by Gasteiger charge is 2.63. The maximum absolute atomic E-state index is 14.1. The van der Waals surface area contributed by atoms with Crippen LogP contribution in [0.3, 0.4) is 0 Å². The van der Waals surface area contributed by atoms with Gasteiger partial charge in [0.25, 0.3) is 0 Å². The Morgan fingerprint density at radius 2 is 1.95 bits per heavy atom. The predicted molar refractivity (Wildman–Crippen MR) is 153 cm³/mol. The lowest BCUT2D eigenvalue weighted by atomic mass is 9.64. The third-order valence-corrected chi connectivity index (χ3v) is 9.38. The molecule has 7 nitrogen and oxygen atoms in total. The lowest BCUT2D eigenvalue weighted by Gasteiger charge is -2.53. The Morgan fingerprint density at radius 1 is 1.21 bits per heavy atom. The predicted octanol–water partition coefficient (Wildman–Crippen LogP) is 5.84. The van der Waals surface area contributed by atoms with Gasteiger partial charge in [0.1, 0.15) is 5.41 Å².